The van der Waals surface area contributed by atoms with Crippen molar-refractivity contribution < 1.29 is 4.79 Å². The normalized spacial score (nSPS) is 10.3. The van der Waals surface area contributed by atoms with Gasteiger partial charge in [0.05, 0.1) is 5.69 Å². The lowest BCUT2D eigenvalue weighted by molar-refractivity contribution is 0.102. The molecule has 98 valence electrons. The molecule has 0 aliphatic heterocycles. The highest BCUT2D eigenvalue weighted by molar-refractivity contribution is 9.10. The highest BCUT2D eigenvalue weighted by Crippen LogP contribution is 2.26. The van der Waals surface area contributed by atoms with Gasteiger partial charge in [-0.05, 0) is 64.8 Å². The zero-order chi connectivity index (χ0) is 14.0. The highest BCUT2D eigenvalue weighted by atomic mass is 79.9. The van der Waals surface area contributed by atoms with E-state index in [0.717, 1.165) is 10.0 Å². The average molecular weight is 359 g/mol. The Hall–Kier alpha value is -1.03. The monoisotopic (exact) mass is 357 g/mol. The van der Waals surface area contributed by atoms with Crippen LogP contribution in [0.15, 0.2) is 40.9 Å². The van der Waals surface area contributed by atoms with Gasteiger partial charge in [-0.1, -0.05) is 23.2 Å². The maximum absolute atomic E-state index is 12.1. The van der Waals surface area contributed by atoms with E-state index in [-0.39, 0.29) is 5.91 Å². The minimum atomic E-state index is -0.206. The number of anilines is 1. The first-order valence-corrected chi connectivity index (χ1v) is 7.05. The summed E-state index contributed by atoms with van der Waals surface area (Å²) in [5, 5.41) is 4.00. The largest absolute Gasteiger partial charge is 0.321 e. The number of rotatable bonds is 2. The predicted octanol–water partition coefficient (Wildman–Crippen LogP) is 5.32. The Bertz CT molecular complexity index is 643. The van der Waals surface area contributed by atoms with Gasteiger partial charge in [-0.2, -0.15) is 0 Å². The first kappa shape index (κ1) is 14.4. The van der Waals surface area contributed by atoms with Crippen LogP contribution in [0.25, 0.3) is 0 Å². The van der Waals surface area contributed by atoms with Crippen molar-refractivity contribution in [1.29, 1.82) is 0 Å². The fraction of sp³-hybridized carbons (Fsp3) is 0.0714. The van der Waals surface area contributed by atoms with Gasteiger partial charge in [-0.25, -0.2) is 0 Å². The Morgan fingerprint density at radius 1 is 1.16 bits per heavy atom. The molecule has 5 heteroatoms. The lowest BCUT2D eigenvalue weighted by atomic mass is 10.1. The third-order valence-corrected chi connectivity index (χ3v) is 3.95. The molecule has 0 aliphatic carbocycles. The van der Waals surface area contributed by atoms with E-state index in [9.17, 15) is 4.79 Å². The number of nitrogens with one attached hydrogen (secondary N) is 1. The molecule has 0 spiro atoms. The summed E-state index contributed by atoms with van der Waals surface area (Å²) in [6, 6.07) is 10.4. The Morgan fingerprint density at radius 2 is 1.89 bits per heavy atom. The molecule has 0 fully saturated rings. The van der Waals surface area contributed by atoms with Gasteiger partial charge in [0, 0.05) is 20.1 Å². The van der Waals surface area contributed by atoms with Crippen molar-refractivity contribution in [1.82, 2.24) is 0 Å². The molecule has 1 amide bonds. The molecule has 0 radical (unpaired) electrons. The summed E-state index contributed by atoms with van der Waals surface area (Å²) in [5.74, 6) is -0.206. The topological polar surface area (TPSA) is 29.1 Å². The van der Waals surface area contributed by atoms with E-state index < -0.39 is 0 Å². The van der Waals surface area contributed by atoms with E-state index in [4.69, 9.17) is 23.2 Å². The van der Waals surface area contributed by atoms with E-state index >= 15 is 0 Å². The first-order chi connectivity index (χ1) is 8.97. The van der Waals surface area contributed by atoms with Crippen molar-refractivity contribution in [2.45, 2.75) is 6.92 Å². The number of hydrogen-bond acceptors (Lipinski definition) is 1. The Kier molecular flexibility index (Phi) is 4.50. The molecule has 19 heavy (non-hydrogen) atoms. The third-order valence-electron chi connectivity index (χ3n) is 2.60. The summed E-state index contributed by atoms with van der Waals surface area (Å²) in [7, 11) is 0. The maximum Gasteiger partial charge on any atom is 0.255 e. The Balaban J connectivity index is 2.25. The average Bonchev–Trinajstić information content (AvgIpc) is 2.37. The second kappa shape index (κ2) is 5.95. The molecule has 0 saturated heterocycles. The number of hydrogen-bond donors (Lipinski definition) is 1. The highest BCUT2D eigenvalue weighted by Gasteiger charge is 2.10. The summed E-state index contributed by atoms with van der Waals surface area (Å²) >= 11 is 15.2. The van der Waals surface area contributed by atoms with Crippen LogP contribution < -0.4 is 5.32 Å². The molecule has 2 aromatic rings. The molecule has 2 aromatic carbocycles. The van der Waals surface area contributed by atoms with Crippen molar-refractivity contribution in [3.8, 4) is 0 Å². The SMILES string of the molecule is Cc1cc(C(=O)Nc2cc(Cl)ccc2Br)ccc1Cl. The lowest BCUT2D eigenvalue weighted by Gasteiger charge is -2.09. The van der Waals surface area contributed by atoms with Crippen molar-refractivity contribution in [2.75, 3.05) is 5.32 Å². The van der Waals surface area contributed by atoms with Crippen LogP contribution in [-0.4, -0.2) is 5.91 Å². The van der Waals surface area contributed by atoms with Gasteiger partial charge < -0.3 is 5.32 Å². The molecular weight excluding hydrogens is 349 g/mol. The van der Waals surface area contributed by atoms with Crippen molar-refractivity contribution in [3.63, 3.8) is 0 Å². The molecule has 0 unspecified atom stereocenters. The smallest absolute Gasteiger partial charge is 0.255 e. The van der Waals surface area contributed by atoms with Gasteiger partial charge in [0.25, 0.3) is 5.91 Å². The van der Waals surface area contributed by atoms with Crippen molar-refractivity contribution in [2.24, 2.45) is 0 Å². The van der Waals surface area contributed by atoms with Gasteiger partial charge >= 0.3 is 0 Å². The van der Waals surface area contributed by atoms with Gasteiger partial charge in [0.15, 0.2) is 0 Å². The van der Waals surface area contributed by atoms with Crippen LogP contribution in [0.4, 0.5) is 5.69 Å². The lowest BCUT2D eigenvalue weighted by Crippen LogP contribution is -2.12. The Labute approximate surface area is 129 Å². The van der Waals surface area contributed by atoms with Crippen LogP contribution in [0.3, 0.4) is 0 Å². The number of carbonyl (C=O) groups excluding carboxylic acids is 1. The number of halogens is 3. The third kappa shape index (κ3) is 3.50. The predicted molar refractivity (Wildman–Crippen MR) is 83.3 cm³/mol. The first-order valence-electron chi connectivity index (χ1n) is 5.50. The van der Waals surface area contributed by atoms with Crippen LogP contribution in [0.5, 0.6) is 0 Å². The van der Waals surface area contributed by atoms with E-state index in [1.165, 1.54) is 0 Å². The molecule has 0 saturated carbocycles. The second-order valence-corrected chi connectivity index (χ2v) is 5.74. The van der Waals surface area contributed by atoms with Crippen molar-refractivity contribution in [3.05, 3.63) is 62.0 Å². The molecule has 0 bridgehead atoms. The maximum atomic E-state index is 12.1. The molecule has 2 nitrogen and oxygen atoms in total. The number of carbonyl (C=O) groups is 1. The van der Waals surface area contributed by atoms with Gasteiger partial charge in [0.2, 0.25) is 0 Å². The molecule has 1 N–H and O–H groups in total. The van der Waals surface area contributed by atoms with Crippen LogP contribution >= 0.6 is 39.1 Å². The molecular formula is C14H10BrCl2NO. The quantitative estimate of drug-likeness (QED) is 0.773. The number of amides is 1. The summed E-state index contributed by atoms with van der Waals surface area (Å²) in [6.45, 7) is 1.86. The summed E-state index contributed by atoms with van der Waals surface area (Å²) in [6.07, 6.45) is 0. The van der Waals surface area contributed by atoms with Crippen LogP contribution in [-0.2, 0) is 0 Å². The molecule has 0 atom stereocenters. The molecule has 2 rings (SSSR count). The summed E-state index contributed by atoms with van der Waals surface area (Å²) < 4.78 is 0.774. The van der Waals surface area contributed by atoms with Crippen LogP contribution in [0.2, 0.25) is 10.0 Å². The molecule has 0 aliphatic rings. The Morgan fingerprint density at radius 3 is 2.58 bits per heavy atom. The molecule has 0 heterocycles. The van der Waals surface area contributed by atoms with E-state index in [0.29, 0.717) is 21.3 Å². The number of benzene rings is 2. The van der Waals surface area contributed by atoms with E-state index in [1.807, 2.05) is 6.92 Å². The van der Waals surface area contributed by atoms with Crippen LogP contribution in [0.1, 0.15) is 15.9 Å². The van der Waals surface area contributed by atoms with Gasteiger partial charge in [0.1, 0.15) is 0 Å². The summed E-state index contributed by atoms with van der Waals surface area (Å²) in [4.78, 5) is 12.1. The molecule has 0 aromatic heterocycles. The summed E-state index contributed by atoms with van der Waals surface area (Å²) in [5.41, 5.74) is 2.04. The van der Waals surface area contributed by atoms with Crippen LogP contribution in [0, 0.1) is 6.92 Å². The standard InChI is InChI=1S/C14H10BrCl2NO/c1-8-6-9(2-5-12(8)17)14(19)18-13-7-10(16)3-4-11(13)15/h2-7H,1H3,(H,18,19). The van der Waals surface area contributed by atoms with Gasteiger partial charge in [-0.15, -0.1) is 0 Å². The van der Waals surface area contributed by atoms with Crippen molar-refractivity contribution >= 4 is 50.7 Å². The second-order valence-electron chi connectivity index (χ2n) is 4.04. The number of aryl methyl sites for hydroxylation is 1. The van der Waals surface area contributed by atoms with E-state index in [1.54, 1.807) is 36.4 Å². The minimum absolute atomic E-state index is 0.206. The van der Waals surface area contributed by atoms with Gasteiger partial charge in [-0.3, -0.25) is 4.79 Å². The van der Waals surface area contributed by atoms with E-state index in [2.05, 4.69) is 21.2 Å². The fourth-order valence-corrected chi connectivity index (χ4v) is 2.21. The zero-order valence-electron chi connectivity index (χ0n) is 10.0. The minimum Gasteiger partial charge on any atom is -0.321 e. The zero-order valence-corrected chi connectivity index (χ0v) is 13.1. The fourth-order valence-electron chi connectivity index (χ4n) is 1.57.